The lowest BCUT2D eigenvalue weighted by molar-refractivity contribution is -0.121. The van der Waals surface area contributed by atoms with Gasteiger partial charge in [-0.15, -0.1) is 0 Å². The molecule has 0 heterocycles. The molecule has 3 aromatic carbocycles. The minimum absolute atomic E-state index is 0.0248. The number of hydrogen-bond donors (Lipinski definition) is 1. The van der Waals surface area contributed by atoms with Gasteiger partial charge in [0.05, 0.1) is 7.11 Å². The van der Waals surface area contributed by atoms with Crippen molar-refractivity contribution in [2.75, 3.05) is 7.11 Å². The zero-order valence-corrected chi connectivity index (χ0v) is 14.7. The number of Topliss-reactive ketones (excluding diaryl/α,β-unsaturated/α-hetero) is 1. The van der Waals surface area contributed by atoms with Gasteiger partial charge in [0.25, 0.3) is 0 Å². The highest BCUT2D eigenvalue weighted by Gasteiger charge is 2.10. The molecule has 0 aromatic heterocycles. The van der Waals surface area contributed by atoms with Crippen molar-refractivity contribution in [2.45, 2.75) is 19.4 Å². The second-order valence-electron chi connectivity index (χ2n) is 6.07. The van der Waals surface area contributed by atoms with Crippen LogP contribution in [0.15, 0.2) is 66.7 Å². The Balaban J connectivity index is 1.54. The van der Waals surface area contributed by atoms with Gasteiger partial charge in [0.1, 0.15) is 5.75 Å². The molecule has 0 aliphatic rings. The smallest absolute Gasteiger partial charge is 0.220 e. The second kappa shape index (κ2) is 8.30. The molecule has 0 aliphatic carbocycles. The summed E-state index contributed by atoms with van der Waals surface area (Å²) in [5.41, 5.74) is 1.55. The Morgan fingerprint density at radius 2 is 1.62 bits per heavy atom. The molecule has 0 radical (unpaired) electrons. The van der Waals surface area contributed by atoms with Gasteiger partial charge in [-0.25, -0.2) is 0 Å². The van der Waals surface area contributed by atoms with Gasteiger partial charge in [-0.3, -0.25) is 9.59 Å². The summed E-state index contributed by atoms with van der Waals surface area (Å²) >= 11 is 0. The quantitative estimate of drug-likeness (QED) is 0.654. The monoisotopic (exact) mass is 347 g/mol. The van der Waals surface area contributed by atoms with Crippen molar-refractivity contribution in [3.8, 4) is 5.75 Å². The minimum Gasteiger partial charge on any atom is -0.496 e. The van der Waals surface area contributed by atoms with Gasteiger partial charge in [0, 0.05) is 30.5 Å². The van der Waals surface area contributed by atoms with E-state index in [-0.39, 0.29) is 24.5 Å². The van der Waals surface area contributed by atoms with Gasteiger partial charge in [-0.1, -0.05) is 54.6 Å². The number of carbonyl (C=O) groups excluding carboxylic acids is 2. The Labute approximate surface area is 152 Å². The molecule has 1 N–H and O–H groups in total. The molecular formula is C22H21NO3. The van der Waals surface area contributed by atoms with E-state index in [9.17, 15) is 9.59 Å². The highest BCUT2D eigenvalue weighted by molar-refractivity contribution is 6.01. The number of ether oxygens (including phenoxy) is 1. The van der Waals surface area contributed by atoms with Gasteiger partial charge in [0.2, 0.25) is 5.91 Å². The van der Waals surface area contributed by atoms with Crippen molar-refractivity contribution in [1.82, 2.24) is 5.32 Å². The van der Waals surface area contributed by atoms with E-state index < -0.39 is 0 Å². The van der Waals surface area contributed by atoms with Crippen LogP contribution in [-0.2, 0) is 11.3 Å². The number of methoxy groups -OCH3 is 1. The first-order valence-electron chi connectivity index (χ1n) is 8.58. The van der Waals surface area contributed by atoms with Crippen molar-refractivity contribution in [1.29, 1.82) is 0 Å². The van der Waals surface area contributed by atoms with Crippen LogP contribution in [0.5, 0.6) is 5.75 Å². The van der Waals surface area contributed by atoms with Crippen LogP contribution < -0.4 is 10.1 Å². The van der Waals surface area contributed by atoms with E-state index in [1.807, 2.05) is 66.7 Å². The van der Waals surface area contributed by atoms with Crippen LogP contribution in [0.4, 0.5) is 0 Å². The van der Waals surface area contributed by atoms with E-state index in [2.05, 4.69) is 5.32 Å². The maximum absolute atomic E-state index is 12.4. The predicted molar refractivity (Wildman–Crippen MR) is 102 cm³/mol. The van der Waals surface area contributed by atoms with Crippen LogP contribution in [0.25, 0.3) is 10.8 Å². The molecule has 3 aromatic rings. The zero-order chi connectivity index (χ0) is 18.4. The molecule has 0 aliphatic heterocycles. The van der Waals surface area contributed by atoms with Crippen molar-refractivity contribution >= 4 is 22.5 Å². The van der Waals surface area contributed by atoms with E-state index in [0.29, 0.717) is 12.1 Å². The fourth-order valence-corrected chi connectivity index (χ4v) is 2.87. The fourth-order valence-electron chi connectivity index (χ4n) is 2.87. The number of para-hydroxylation sites is 1. The molecule has 4 heteroatoms. The largest absolute Gasteiger partial charge is 0.496 e. The van der Waals surface area contributed by atoms with E-state index in [1.54, 1.807) is 7.11 Å². The minimum atomic E-state index is -0.148. The number of hydrogen-bond acceptors (Lipinski definition) is 3. The van der Waals surface area contributed by atoms with E-state index in [0.717, 1.165) is 22.1 Å². The maximum Gasteiger partial charge on any atom is 0.220 e. The number of fused-ring (bicyclic) bond motifs is 1. The SMILES string of the molecule is COc1ccccc1CNC(=O)CCC(=O)c1ccc2ccccc2c1. The van der Waals surface area contributed by atoms with Gasteiger partial charge >= 0.3 is 0 Å². The number of nitrogens with one attached hydrogen (secondary N) is 1. The lowest BCUT2D eigenvalue weighted by atomic mass is 10.0. The van der Waals surface area contributed by atoms with Crippen LogP contribution in [0.1, 0.15) is 28.8 Å². The predicted octanol–water partition coefficient (Wildman–Crippen LogP) is 4.13. The van der Waals surface area contributed by atoms with Crippen LogP contribution in [0.3, 0.4) is 0 Å². The third-order valence-electron chi connectivity index (χ3n) is 4.32. The summed E-state index contributed by atoms with van der Waals surface area (Å²) in [6.07, 6.45) is 0.358. The van der Waals surface area contributed by atoms with Crippen LogP contribution in [0, 0.1) is 0 Å². The maximum atomic E-state index is 12.4. The Hall–Kier alpha value is -3.14. The van der Waals surface area contributed by atoms with Gasteiger partial charge in [0.15, 0.2) is 5.78 Å². The second-order valence-corrected chi connectivity index (χ2v) is 6.07. The summed E-state index contributed by atoms with van der Waals surface area (Å²) in [7, 11) is 1.60. The molecule has 0 saturated carbocycles. The molecule has 26 heavy (non-hydrogen) atoms. The third-order valence-corrected chi connectivity index (χ3v) is 4.32. The first kappa shape index (κ1) is 17.7. The van der Waals surface area contributed by atoms with Crippen molar-refractivity contribution < 1.29 is 14.3 Å². The van der Waals surface area contributed by atoms with Crippen LogP contribution >= 0.6 is 0 Å². The number of amides is 1. The first-order valence-corrected chi connectivity index (χ1v) is 8.58. The van der Waals surface area contributed by atoms with Crippen molar-refractivity contribution in [3.05, 3.63) is 77.9 Å². The molecule has 3 rings (SSSR count). The highest BCUT2D eigenvalue weighted by Crippen LogP contribution is 2.18. The summed E-state index contributed by atoms with van der Waals surface area (Å²) in [5, 5.41) is 4.96. The van der Waals surface area contributed by atoms with Gasteiger partial charge in [-0.2, -0.15) is 0 Å². The van der Waals surface area contributed by atoms with Crippen LogP contribution in [-0.4, -0.2) is 18.8 Å². The normalized spacial score (nSPS) is 10.5. The van der Waals surface area contributed by atoms with E-state index in [1.165, 1.54) is 0 Å². The van der Waals surface area contributed by atoms with Crippen molar-refractivity contribution in [3.63, 3.8) is 0 Å². The molecule has 0 atom stereocenters. The standard InChI is InChI=1S/C22H21NO3/c1-26-21-9-5-4-8-19(21)15-23-22(25)13-12-20(24)18-11-10-16-6-2-3-7-17(16)14-18/h2-11,14H,12-13,15H2,1H3,(H,23,25). The Bertz CT molecular complexity index is 933. The lowest BCUT2D eigenvalue weighted by Gasteiger charge is -2.09. The molecule has 132 valence electrons. The topological polar surface area (TPSA) is 55.4 Å². The van der Waals surface area contributed by atoms with Crippen LogP contribution in [0.2, 0.25) is 0 Å². The molecule has 4 nitrogen and oxygen atoms in total. The Morgan fingerprint density at radius 3 is 2.42 bits per heavy atom. The molecule has 0 saturated heterocycles. The number of rotatable bonds is 7. The lowest BCUT2D eigenvalue weighted by Crippen LogP contribution is -2.23. The average Bonchev–Trinajstić information content (AvgIpc) is 2.70. The fraction of sp³-hybridized carbons (Fsp3) is 0.182. The molecule has 0 fully saturated rings. The van der Waals surface area contributed by atoms with E-state index >= 15 is 0 Å². The Kier molecular flexibility index (Phi) is 5.64. The summed E-state index contributed by atoms with van der Waals surface area (Å²) in [6.45, 7) is 0.382. The number of carbonyl (C=O) groups is 2. The van der Waals surface area contributed by atoms with Gasteiger partial charge < -0.3 is 10.1 Å². The molecule has 0 unspecified atom stereocenters. The highest BCUT2D eigenvalue weighted by atomic mass is 16.5. The average molecular weight is 347 g/mol. The molecule has 1 amide bonds. The van der Waals surface area contributed by atoms with Gasteiger partial charge in [-0.05, 0) is 22.9 Å². The summed E-state index contributed by atoms with van der Waals surface area (Å²) in [4.78, 5) is 24.4. The molecule has 0 bridgehead atoms. The summed E-state index contributed by atoms with van der Waals surface area (Å²) in [5.74, 6) is 0.563. The van der Waals surface area contributed by atoms with E-state index in [4.69, 9.17) is 4.74 Å². The summed E-state index contributed by atoms with van der Waals surface area (Å²) in [6, 6.07) is 21.1. The molecular weight excluding hydrogens is 326 g/mol. The zero-order valence-electron chi connectivity index (χ0n) is 14.7. The third kappa shape index (κ3) is 4.28. The summed E-state index contributed by atoms with van der Waals surface area (Å²) < 4.78 is 5.26. The number of benzene rings is 3. The number of ketones is 1. The van der Waals surface area contributed by atoms with Crippen molar-refractivity contribution in [2.24, 2.45) is 0 Å². The Morgan fingerprint density at radius 1 is 0.885 bits per heavy atom. The first-order chi connectivity index (χ1) is 12.7. The molecule has 0 spiro atoms.